The Morgan fingerprint density at radius 3 is 2.21 bits per heavy atom. The van der Waals surface area contributed by atoms with Gasteiger partial charge in [0.25, 0.3) is 11.8 Å². The Labute approximate surface area is 111 Å². The first-order chi connectivity index (χ1) is 9.04. The third kappa shape index (κ3) is 2.50. The molecule has 100 valence electrons. The fourth-order valence-electron chi connectivity index (χ4n) is 1.82. The summed E-state index contributed by atoms with van der Waals surface area (Å²) in [7, 11) is 0. The second kappa shape index (κ2) is 5.22. The van der Waals surface area contributed by atoms with Gasteiger partial charge in [0, 0.05) is 0 Å². The van der Waals surface area contributed by atoms with Crippen molar-refractivity contribution in [1.29, 1.82) is 0 Å². The highest BCUT2D eigenvalue weighted by Gasteiger charge is 2.38. The van der Waals surface area contributed by atoms with Crippen LogP contribution in [0.2, 0.25) is 0 Å². The van der Waals surface area contributed by atoms with Gasteiger partial charge in [-0.25, -0.2) is 4.79 Å². The van der Waals surface area contributed by atoms with Crippen LogP contribution in [0.4, 0.5) is 0 Å². The Bertz CT molecular complexity index is 503. The second-order valence-electron chi connectivity index (χ2n) is 4.63. The van der Waals surface area contributed by atoms with E-state index in [1.807, 2.05) is 13.8 Å². The SMILES string of the molecule is CCC(C)CC(=O)ON1C(=O)c2ccccc2C1=O. The standard InChI is InChI=1S/C14H15NO4/c1-3-9(2)8-12(16)19-15-13(17)10-6-4-5-7-11(10)14(15)18/h4-7,9H,3,8H2,1-2H3. The molecule has 1 aromatic rings. The number of nitrogens with zero attached hydrogens (tertiary/aromatic N) is 1. The van der Waals surface area contributed by atoms with Gasteiger partial charge in [0.1, 0.15) is 0 Å². The van der Waals surface area contributed by atoms with Crippen molar-refractivity contribution in [2.45, 2.75) is 26.7 Å². The number of benzene rings is 1. The Morgan fingerprint density at radius 2 is 1.74 bits per heavy atom. The molecule has 1 aliphatic heterocycles. The summed E-state index contributed by atoms with van der Waals surface area (Å²) >= 11 is 0. The monoisotopic (exact) mass is 261 g/mol. The first-order valence-electron chi connectivity index (χ1n) is 6.23. The minimum Gasteiger partial charge on any atom is -0.330 e. The lowest BCUT2D eigenvalue weighted by Gasteiger charge is -2.14. The molecule has 0 N–H and O–H groups in total. The molecule has 0 bridgehead atoms. The zero-order valence-electron chi connectivity index (χ0n) is 10.9. The van der Waals surface area contributed by atoms with Crippen LogP contribution in [0.25, 0.3) is 0 Å². The molecule has 1 heterocycles. The predicted molar refractivity (Wildman–Crippen MR) is 67.1 cm³/mol. The van der Waals surface area contributed by atoms with Crippen LogP contribution in [0.5, 0.6) is 0 Å². The summed E-state index contributed by atoms with van der Waals surface area (Å²) in [6.45, 7) is 3.86. The lowest BCUT2D eigenvalue weighted by Crippen LogP contribution is -2.33. The van der Waals surface area contributed by atoms with Gasteiger partial charge in [0.2, 0.25) is 0 Å². The van der Waals surface area contributed by atoms with E-state index in [0.29, 0.717) is 5.06 Å². The summed E-state index contributed by atoms with van der Waals surface area (Å²) < 4.78 is 0. The van der Waals surface area contributed by atoms with Gasteiger partial charge in [-0.1, -0.05) is 37.5 Å². The van der Waals surface area contributed by atoms with E-state index in [1.165, 1.54) is 12.1 Å². The smallest absolute Gasteiger partial charge is 0.330 e. The first-order valence-corrected chi connectivity index (χ1v) is 6.23. The average molecular weight is 261 g/mol. The molecule has 2 rings (SSSR count). The van der Waals surface area contributed by atoms with Gasteiger partial charge in [-0.2, -0.15) is 0 Å². The third-order valence-electron chi connectivity index (χ3n) is 3.16. The van der Waals surface area contributed by atoms with Crippen LogP contribution in [-0.4, -0.2) is 22.8 Å². The average Bonchev–Trinajstić information content (AvgIpc) is 2.64. The summed E-state index contributed by atoms with van der Waals surface area (Å²) in [6.07, 6.45) is 1.02. The molecule has 1 aliphatic rings. The molecule has 2 amide bonds. The van der Waals surface area contributed by atoms with Crippen molar-refractivity contribution in [2.24, 2.45) is 5.92 Å². The summed E-state index contributed by atoms with van der Waals surface area (Å²) in [5, 5.41) is 0.551. The van der Waals surface area contributed by atoms with Gasteiger partial charge in [0.15, 0.2) is 0 Å². The molecule has 1 unspecified atom stereocenters. The molecule has 0 aromatic heterocycles. The van der Waals surface area contributed by atoms with Crippen LogP contribution in [0.3, 0.4) is 0 Å². The van der Waals surface area contributed by atoms with Gasteiger partial charge in [0.05, 0.1) is 17.5 Å². The zero-order valence-corrected chi connectivity index (χ0v) is 10.9. The van der Waals surface area contributed by atoms with Crippen LogP contribution in [0, 0.1) is 5.92 Å². The topological polar surface area (TPSA) is 63.7 Å². The minimum absolute atomic E-state index is 0.155. The molecule has 0 saturated heterocycles. The third-order valence-corrected chi connectivity index (χ3v) is 3.16. The van der Waals surface area contributed by atoms with E-state index in [1.54, 1.807) is 12.1 Å². The number of carbonyl (C=O) groups excluding carboxylic acids is 3. The van der Waals surface area contributed by atoms with Crippen molar-refractivity contribution in [3.63, 3.8) is 0 Å². The molecule has 5 heteroatoms. The van der Waals surface area contributed by atoms with Crippen LogP contribution in [0.1, 0.15) is 47.4 Å². The van der Waals surface area contributed by atoms with Crippen LogP contribution in [0.15, 0.2) is 24.3 Å². The Morgan fingerprint density at radius 1 is 1.21 bits per heavy atom. The van der Waals surface area contributed by atoms with Gasteiger partial charge in [-0.15, -0.1) is 0 Å². The Balaban J connectivity index is 2.10. The Hall–Kier alpha value is -2.17. The van der Waals surface area contributed by atoms with E-state index in [0.717, 1.165) is 6.42 Å². The maximum atomic E-state index is 11.9. The van der Waals surface area contributed by atoms with Crippen LogP contribution in [-0.2, 0) is 9.63 Å². The highest BCUT2D eigenvalue weighted by molar-refractivity contribution is 6.20. The van der Waals surface area contributed by atoms with Gasteiger partial charge in [-0.3, -0.25) is 9.59 Å². The largest absolute Gasteiger partial charge is 0.333 e. The molecular weight excluding hydrogens is 246 g/mol. The Kier molecular flexibility index (Phi) is 3.64. The maximum Gasteiger partial charge on any atom is 0.333 e. The minimum atomic E-state index is -0.585. The van der Waals surface area contributed by atoms with Crippen molar-refractivity contribution in [3.8, 4) is 0 Å². The molecule has 0 radical (unpaired) electrons. The van der Waals surface area contributed by atoms with Crippen molar-refractivity contribution >= 4 is 17.8 Å². The van der Waals surface area contributed by atoms with E-state index in [9.17, 15) is 14.4 Å². The number of hydroxylamine groups is 2. The highest BCUT2D eigenvalue weighted by Crippen LogP contribution is 2.23. The van der Waals surface area contributed by atoms with E-state index in [4.69, 9.17) is 4.84 Å². The maximum absolute atomic E-state index is 11.9. The van der Waals surface area contributed by atoms with Crippen molar-refractivity contribution in [2.75, 3.05) is 0 Å². The number of imide groups is 1. The molecule has 0 fully saturated rings. The molecule has 19 heavy (non-hydrogen) atoms. The predicted octanol–water partition coefficient (Wildman–Crippen LogP) is 2.18. The number of rotatable bonds is 4. The zero-order chi connectivity index (χ0) is 14.0. The molecule has 1 atom stereocenters. The molecule has 1 aromatic carbocycles. The second-order valence-corrected chi connectivity index (χ2v) is 4.63. The lowest BCUT2D eigenvalue weighted by molar-refractivity contribution is -0.169. The summed E-state index contributed by atoms with van der Waals surface area (Å²) in [6, 6.07) is 6.40. The van der Waals surface area contributed by atoms with E-state index < -0.39 is 17.8 Å². The summed E-state index contributed by atoms with van der Waals surface area (Å²) in [5.41, 5.74) is 0.535. The number of carbonyl (C=O) groups is 3. The highest BCUT2D eigenvalue weighted by atomic mass is 16.7. The fourth-order valence-corrected chi connectivity index (χ4v) is 1.82. The lowest BCUT2D eigenvalue weighted by atomic mass is 10.1. The quantitative estimate of drug-likeness (QED) is 0.779. The van der Waals surface area contributed by atoms with Gasteiger partial charge < -0.3 is 4.84 Å². The molecule has 0 aliphatic carbocycles. The molecule has 0 saturated carbocycles. The van der Waals surface area contributed by atoms with Crippen LogP contribution < -0.4 is 0 Å². The van der Waals surface area contributed by atoms with Crippen molar-refractivity contribution in [1.82, 2.24) is 5.06 Å². The van der Waals surface area contributed by atoms with E-state index in [-0.39, 0.29) is 23.5 Å². The number of amides is 2. The summed E-state index contributed by atoms with van der Waals surface area (Å²) in [5.74, 6) is -1.58. The van der Waals surface area contributed by atoms with Gasteiger partial charge >= 0.3 is 5.97 Å². The number of fused-ring (bicyclic) bond motifs is 1. The molecule has 5 nitrogen and oxygen atoms in total. The summed E-state index contributed by atoms with van der Waals surface area (Å²) in [4.78, 5) is 40.4. The normalized spacial score (nSPS) is 15.4. The molecule has 0 spiro atoms. The first kappa shape index (κ1) is 13.3. The van der Waals surface area contributed by atoms with E-state index in [2.05, 4.69) is 0 Å². The van der Waals surface area contributed by atoms with E-state index >= 15 is 0 Å². The van der Waals surface area contributed by atoms with Crippen molar-refractivity contribution in [3.05, 3.63) is 35.4 Å². The number of hydrogen-bond donors (Lipinski definition) is 0. The van der Waals surface area contributed by atoms with Crippen molar-refractivity contribution < 1.29 is 19.2 Å². The fraction of sp³-hybridized carbons (Fsp3) is 0.357. The van der Waals surface area contributed by atoms with Gasteiger partial charge in [-0.05, 0) is 18.1 Å². The van der Waals surface area contributed by atoms with Crippen LogP contribution >= 0.6 is 0 Å². The molecular formula is C14H15NO4. The number of hydrogen-bond acceptors (Lipinski definition) is 4.